The lowest BCUT2D eigenvalue weighted by molar-refractivity contribution is -0.134. The number of carbonyl (C=O) groups is 2. The number of imide groups is 1. The summed E-state index contributed by atoms with van der Waals surface area (Å²) >= 11 is 0. The molecule has 5 nitrogen and oxygen atoms in total. The van der Waals surface area contributed by atoms with Crippen LogP contribution in [0.5, 0.6) is 0 Å². The van der Waals surface area contributed by atoms with E-state index in [9.17, 15) is 14.7 Å². The molecule has 3 rings (SSSR count). The molecule has 2 amide bonds. The smallest absolute Gasteiger partial charge is 0.417 e. The van der Waals surface area contributed by atoms with Crippen LogP contribution in [0.2, 0.25) is 0 Å². The Labute approximate surface area is 159 Å². The molecule has 5 heteroatoms. The first-order valence-electron chi connectivity index (χ1n) is 9.13. The maximum atomic E-state index is 12.4. The molecule has 27 heavy (non-hydrogen) atoms. The van der Waals surface area contributed by atoms with Crippen molar-refractivity contribution in [2.75, 3.05) is 0 Å². The molecule has 0 aromatic heterocycles. The Kier molecular flexibility index (Phi) is 5.33. The number of amides is 2. The van der Waals surface area contributed by atoms with Crippen molar-refractivity contribution in [2.24, 2.45) is 0 Å². The maximum absolute atomic E-state index is 12.4. The zero-order valence-electron chi connectivity index (χ0n) is 15.9. The molecule has 1 aliphatic heterocycles. The van der Waals surface area contributed by atoms with E-state index in [-0.39, 0.29) is 6.42 Å². The van der Waals surface area contributed by atoms with Gasteiger partial charge in [0, 0.05) is 6.42 Å². The van der Waals surface area contributed by atoms with Crippen molar-refractivity contribution < 1.29 is 19.4 Å². The molecule has 0 aliphatic carbocycles. The zero-order chi connectivity index (χ0) is 19.6. The first-order chi connectivity index (χ1) is 12.7. The minimum Gasteiger partial charge on any atom is -0.443 e. The molecule has 0 saturated carbocycles. The van der Waals surface area contributed by atoms with Crippen LogP contribution in [0, 0.1) is 0 Å². The van der Waals surface area contributed by atoms with E-state index in [0.717, 1.165) is 21.6 Å². The number of nitrogens with zero attached hydrogens (tertiary/aromatic N) is 1. The highest BCUT2D eigenvalue weighted by Crippen LogP contribution is 2.26. The van der Waals surface area contributed by atoms with Gasteiger partial charge in [0.2, 0.25) is 0 Å². The number of hydrogen-bond acceptors (Lipinski definition) is 4. The average Bonchev–Trinajstić information content (AvgIpc) is 2.89. The molecule has 2 aromatic carbocycles. The normalized spacial score (nSPS) is 20.0. The largest absolute Gasteiger partial charge is 0.443 e. The van der Waals surface area contributed by atoms with E-state index in [1.807, 2.05) is 54.6 Å². The summed E-state index contributed by atoms with van der Waals surface area (Å²) in [4.78, 5) is 25.7. The van der Waals surface area contributed by atoms with Crippen LogP contribution in [0.15, 0.2) is 54.6 Å². The summed E-state index contributed by atoms with van der Waals surface area (Å²) in [7, 11) is 0. The molecule has 0 bridgehead atoms. The predicted octanol–water partition coefficient (Wildman–Crippen LogP) is 3.79. The number of carbonyl (C=O) groups excluding carboxylic acids is 2. The molecule has 1 fully saturated rings. The lowest BCUT2D eigenvalue weighted by atomic mass is 9.99. The highest BCUT2D eigenvalue weighted by Gasteiger charge is 2.44. The first-order valence-corrected chi connectivity index (χ1v) is 9.13. The third kappa shape index (κ3) is 4.55. The zero-order valence-corrected chi connectivity index (χ0v) is 15.9. The van der Waals surface area contributed by atoms with Crippen LogP contribution >= 0.6 is 0 Å². The van der Waals surface area contributed by atoms with E-state index >= 15 is 0 Å². The van der Waals surface area contributed by atoms with Gasteiger partial charge >= 0.3 is 6.09 Å². The van der Waals surface area contributed by atoms with Gasteiger partial charge in [-0.2, -0.15) is 0 Å². The molecular formula is C22H25NO4. The second-order valence-corrected chi connectivity index (χ2v) is 7.86. The third-order valence-electron chi connectivity index (χ3n) is 4.51. The van der Waals surface area contributed by atoms with Gasteiger partial charge in [-0.1, -0.05) is 54.6 Å². The van der Waals surface area contributed by atoms with Gasteiger partial charge < -0.3 is 9.84 Å². The van der Waals surface area contributed by atoms with Gasteiger partial charge in [0.15, 0.2) is 0 Å². The number of aliphatic hydroxyl groups excluding tert-OH is 1. The molecule has 2 aromatic rings. The van der Waals surface area contributed by atoms with Crippen LogP contribution in [-0.2, 0) is 16.0 Å². The van der Waals surface area contributed by atoms with Crippen molar-refractivity contribution in [3.8, 4) is 11.1 Å². The van der Waals surface area contributed by atoms with Gasteiger partial charge in [0.05, 0.1) is 6.04 Å². The molecule has 0 radical (unpaired) electrons. The van der Waals surface area contributed by atoms with E-state index < -0.39 is 29.7 Å². The number of ether oxygens (including phenoxy) is 1. The van der Waals surface area contributed by atoms with Gasteiger partial charge in [-0.25, -0.2) is 9.69 Å². The van der Waals surface area contributed by atoms with Crippen molar-refractivity contribution in [3.63, 3.8) is 0 Å². The molecule has 1 unspecified atom stereocenters. The predicted molar refractivity (Wildman–Crippen MR) is 103 cm³/mol. The molecule has 1 aliphatic rings. The fraction of sp³-hybridized carbons (Fsp3) is 0.364. The monoisotopic (exact) mass is 367 g/mol. The molecule has 0 spiro atoms. The van der Waals surface area contributed by atoms with E-state index in [0.29, 0.717) is 6.42 Å². The third-order valence-corrected chi connectivity index (χ3v) is 4.51. The number of rotatable bonds is 3. The quantitative estimate of drug-likeness (QED) is 0.896. The summed E-state index contributed by atoms with van der Waals surface area (Å²) in [6.45, 7) is 5.25. The first kappa shape index (κ1) is 19.1. The Balaban J connectivity index is 1.75. The number of hydrogen-bond donors (Lipinski definition) is 1. The van der Waals surface area contributed by atoms with E-state index in [2.05, 4.69) is 0 Å². The van der Waals surface area contributed by atoms with Crippen LogP contribution in [0.25, 0.3) is 11.1 Å². The number of likely N-dealkylation sites (tertiary alicyclic amines) is 1. The van der Waals surface area contributed by atoms with Crippen molar-refractivity contribution in [2.45, 2.75) is 51.4 Å². The Bertz CT molecular complexity index is 808. The SMILES string of the molecule is CC(C)(C)OC(=O)N1C(=O)C(O)C[C@H]1Cc1ccc(-c2ccccc2)cc1. The van der Waals surface area contributed by atoms with Crippen molar-refractivity contribution in [1.29, 1.82) is 0 Å². The van der Waals surface area contributed by atoms with Crippen LogP contribution in [-0.4, -0.2) is 39.8 Å². The highest BCUT2D eigenvalue weighted by atomic mass is 16.6. The highest BCUT2D eigenvalue weighted by molar-refractivity contribution is 5.96. The van der Waals surface area contributed by atoms with Crippen molar-refractivity contribution >= 4 is 12.0 Å². The van der Waals surface area contributed by atoms with E-state index in [1.165, 1.54) is 0 Å². The molecule has 1 heterocycles. The van der Waals surface area contributed by atoms with E-state index in [1.54, 1.807) is 20.8 Å². The summed E-state index contributed by atoms with van der Waals surface area (Å²) < 4.78 is 5.34. The maximum Gasteiger partial charge on any atom is 0.417 e. The summed E-state index contributed by atoms with van der Waals surface area (Å²) in [6, 6.07) is 17.7. The van der Waals surface area contributed by atoms with Crippen LogP contribution in [0.4, 0.5) is 4.79 Å². The fourth-order valence-corrected chi connectivity index (χ4v) is 3.27. The van der Waals surface area contributed by atoms with Crippen LogP contribution < -0.4 is 0 Å². The Morgan fingerprint density at radius 3 is 2.26 bits per heavy atom. The fourth-order valence-electron chi connectivity index (χ4n) is 3.27. The van der Waals surface area contributed by atoms with Gasteiger partial charge in [0.25, 0.3) is 5.91 Å². The lowest BCUT2D eigenvalue weighted by Gasteiger charge is -2.27. The van der Waals surface area contributed by atoms with Gasteiger partial charge in [-0.3, -0.25) is 4.79 Å². The summed E-state index contributed by atoms with van der Waals surface area (Å²) in [5, 5.41) is 9.96. The second-order valence-electron chi connectivity index (χ2n) is 7.86. The van der Waals surface area contributed by atoms with Gasteiger partial charge in [-0.05, 0) is 43.9 Å². The van der Waals surface area contributed by atoms with Crippen LogP contribution in [0.3, 0.4) is 0 Å². The topological polar surface area (TPSA) is 66.8 Å². The molecular weight excluding hydrogens is 342 g/mol. The van der Waals surface area contributed by atoms with Gasteiger partial charge in [-0.15, -0.1) is 0 Å². The average molecular weight is 367 g/mol. The Hall–Kier alpha value is -2.66. The standard InChI is InChI=1S/C22H25NO4/c1-22(2,3)27-21(26)23-18(14-19(24)20(23)25)13-15-9-11-17(12-10-15)16-7-5-4-6-8-16/h4-12,18-19,24H,13-14H2,1-3H3/t18-,19?/m1/s1. The number of aliphatic hydroxyl groups is 1. The Morgan fingerprint density at radius 2 is 1.67 bits per heavy atom. The van der Waals surface area contributed by atoms with Crippen molar-refractivity contribution in [1.82, 2.24) is 4.90 Å². The number of benzene rings is 2. The second kappa shape index (κ2) is 7.53. The minimum absolute atomic E-state index is 0.221. The molecule has 142 valence electrons. The minimum atomic E-state index is -1.16. The van der Waals surface area contributed by atoms with Crippen molar-refractivity contribution in [3.05, 3.63) is 60.2 Å². The Morgan fingerprint density at radius 1 is 1.07 bits per heavy atom. The lowest BCUT2D eigenvalue weighted by Crippen LogP contribution is -2.44. The molecule has 2 atom stereocenters. The van der Waals surface area contributed by atoms with Gasteiger partial charge in [0.1, 0.15) is 11.7 Å². The summed E-state index contributed by atoms with van der Waals surface area (Å²) in [5.74, 6) is -0.588. The molecule has 1 N–H and O–H groups in total. The molecule has 1 saturated heterocycles. The summed E-state index contributed by atoms with van der Waals surface area (Å²) in [5.41, 5.74) is 2.53. The van der Waals surface area contributed by atoms with Crippen LogP contribution in [0.1, 0.15) is 32.8 Å². The van der Waals surface area contributed by atoms with E-state index in [4.69, 9.17) is 4.74 Å². The summed E-state index contributed by atoms with van der Waals surface area (Å²) in [6.07, 6.45) is -1.16.